The maximum absolute atomic E-state index is 14.8. The van der Waals surface area contributed by atoms with E-state index >= 15 is 0 Å². The molecule has 1 saturated heterocycles. The van der Waals surface area contributed by atoms with E-state index < -0.39 is 42.1 Å². The minimum absolute atomic E-state index is 0.0681. The lowest BCUT2D eigenvalue weighted by Crippen LogP contribution is -2.62. The second-order valence-corrected chi connectivity index (χ2v) is 10.4. The van der Waals surface area contributed by atoms with Crippen LogP contribution in [0.3, 0.4) is 0 Å². The highest BCUT2D eigenvalue weighted by molar-refractivity contribution is 5.83. The third-order valence-electron chi connectivity index (χ3n) is 7.94. The molecule has 0 radical (unpaired) electrons. The van der Waals surface area contributed by atoms with Gasteiger partial charge in [0, 0.05) is 14.1 Å². The number of rotatable bonds is 7. The molecule has 0 aliphatic carbocycles. The molecule has 2 aromatic heterocycles. The molecule has 3 aromatic carbocycles. The summed E-state index contributed by atoms with van der Waals surface area (Å²) in [7, 11) is 3.42. The summed E-state index contributed by atoms with van der Waals surface area (Å²) in [5.41, 5.74) is -1.26. The first-order valence-electron chi connectivity index (χ1n) is 13.2. The van der Waals surface area contributed by atoms with E-state index in [4.69, 9.17) is 4.74 Å². The molecule has 0 unspecified atom stereocenters. The standard InChI is InChI=1S/C31H30FN5O4/c1-36(2)26-24-27(35-29(32)34-26)37(19-33-24)28-31(40,25(39)23(18-38)41-28)30(20-12-6-3-7-13-20,21-14-8-4-9-15-21)22-16-10-5-11-17-22/h3-17,19,23,25,28,38-40H,18H2,1-2H3/t23-,25-,28-,31-/m1/s1. The Balaban J connectivity index is 1.73. The molecular weight excluding hydrogens is 525 g/mol. The van der Waals surface area contributed by atoms with E-state index in [1.54, 1.807) is 19.0 Å². The van der Waals surface area contributed by atoms with Crippen LogP contribution in [0.4, 0.5) is 10.2 Å². The van der Waals surface area contributed by atoms with E-state index in [9.17, 15) is 19.7 Å². The Bertz CT molecular complexity index is 1550. The summed E-state index contributed by atoms with van der Waals surface area (Å²) >= 11 is 0. The summed E-state index contributed by atoms with van der Waals surface area (Å²) in [5.74, 6) is 0.243. The number of anilines is 1. The number of halogens is 1. The zero-order chi connectivity index (χ0) is 28.8. The molecule has 6 rings (SSSR count). The maximum Gasteiger partial charge on any atom is 0.312 e. The van der Waals surface area contributed by atoms with Gasteiger partial charge in [0.1, 0.15) is 12.2 Å². The summed E-state index contributed by atoms with van der Waals surface area (Å²) in [6, 6.07) is 28.1. The summed E-state index contributed by atoms with van der Waals surface area (Å²) in [6.07, 6.45) is -3.75. The van der Waals surface area contributed by atoms with E-state index in [-0.39, 0.29) is 17.0 Å². The first-order chi connectivity index (χ1) is 19.8. The minimum atomic E-state index is -2.18. The molecule has 41 heavy (non-hydrogen) atoms. The topological polar surface area (TPSA) is 117 Å². The molecule has 10 heteroatoms. The number of fused-ring (bicyclic) bond motifs is 1. The van der Waals surface area contributed by atoms with Gasteiger partial charge in [-0.1, -0.05) is 91.0 Å². The van der Waals surface area contributed by atoms with Crippen LogP contribution in [0.15, 0.2) is 97.3 Å². The highest BCUT2D eigenvalue weighted by atomic mass is 19.1. The number of ether oxygens (including phenoxy) is 1. The fraction of sp³-hybridized carbons (Fsp3) is 0.258. The Morgan fingerprint density at radius 2 is 1.41 bits per heavy atom. The van der Waals surface area contributed by atoms with E-state index in [1.807, 2.05) is 91.0 Å². The highest BCUT2D eigenvalue weighted by Gasteiger charge is 2.68. The van der Waals surface area contributed by atoms with Crippen molar-refractivity contribution >= 4 is 17.0 Å². The smallest absolute Gasteiger partial charge is 0.312 e. The van der Waals surface area contributed by atoms with Crippen molar-refractivity contribution in [3.63, 3.8) is 0 Å². The summed E-state index contributed by atoms with van der Waals surface area (Å²) in [4.78, 5) is 14.0. The zero-order valence-corrected chi connectivity index (χ0v) is 22.5. The van der Waals surface area contributed by atoms with Crippen LogP contribution < -0.4 is 4.90 Å². The number of benzene rings is 3. The van der Waals surface area contributed by atoms with Crippen molar-refractivity contribution in [3.05, 3.63) is 120 Å². The molecule has 210 valence electrons. The predicted molar refractivity (Wildman–Crippen MR) is 151 cm³/mol. The molecule has 1 fully saturated rings. The van der Waals surface area contributed by atoms with E-state index in [0.717, 1.165) is 0 Å². The fourth-order valence-electron chi connectivity index (χ4n) is 6.22. The van der Waals surface area contributed by atoms with Crippen molar-refractivity contribution in [2.24, 2.45) is 0 Å². The first kappa shape index (κ1) is 27.0. The Kier molecular flexibility index (Phi) is 6.79. The van der Waals surface area contributed by atoms with Gasteiger partial charge in [-0.2, -0.15) is 14.4 Å². The second-order valence-electron chi connectivity index (χ2n) is 10.4. The number of imidazole rings is 1. The fourth-order valence-corrected chi connectivity index (χ4v) is 6.22. The van der Waals surface area contributed by atoms with Gasteiger partial charge >= 0.3 is 6.08 Å². The number of hydrogen-bond acceptors (Lipinski definition) is 8. The summed E-state index contributed by atoms with van der Waals surface area (Å²) in [5, 5.41) is 35.6. The molecule has 5 aromatic rings. The average molecular weight is 556 g/mol. The van der Waals surface area contributed by atoms with Crippen molar-refractivity contribution < 1.29 is 24.4 Å². The highest BCUT2D eigenvalue weighted by Crippen LogP contribution is 2.57. The lowest BCUT2D eigenvalue weighted by atomic mass is 9.57. The van der Waals surface area contributed by atoms with Gasteiger partial charge in [0.05, 0.1) is 18.3 Å². The normalized spacial score (nSPS) is 22.7. The number of aliphatic hydroxyl groups is 3. The maximum atomic E-state index is 14.8. The molecule has 1 aliphatic rings. The molecule has 0 amide bonds. The predicted octanol–water partition coefficient (Wildman–Crippen LogP) is 3.05. The van der Waals surface area contributed by atoms with Crippen LogP contribution in [-0.2, 0) is 10.2 Å². The van der Waals surface area contributed by atoms with Gasteiger partial charge in [0.15, 0.2) is 28.8 Å². The van der Waals surface area contributed by atoms with E-state index in [2.05, 4.69) is 15.0 Å². The first-order valence-corrected chi connectivity index (χ1v) is 13.2. The Hall–Kier alpha value is -4.22. The molecule has 4 atom stereocenters. The van der Waals surface area contributed by atoms with E-state index in [1.165, 1.54) is 10.9 Å². The number of nitrogens with zero attached hydrogens (tertiary/aromatic N) is 5. The Labute approximate surface area is 236 Å². The molecule has 9 nitrogen and oxygen atoms in total. The molecule has 1 aliphatic heterocycles. The van der Waals surface area contributed by atoms with Crippen LogP contribution in [0.2, 0.25) is 0 Å². The Morgan fingerprint density at radius 3 is 1.88 bits per heavy atom. The van der Waals surface area contributed by atoms with Gasteiger partial charge in [-0.15, -0.1) is 0 Å². The van der Waals surface area contributed by atoms with Gasteiger partial charge in [-0.3, -0.25) is 4.57 Å². The SMILES string of the molecule is CN(C)c1nc(F)nc2c1ncn2[C@@H]1O[C@H](CO)[C@@H](O)[C@]1(O)C(c1ccccc1)(c1ccccc1)c1ccccc1. The third-order valence-corrected chi connectivity index (χ3v) is 7.94. The van der Waals surface area contributed by atoms with Crippen LogP contribution in [0.5, 0.6) is 0 Å². The lowest BCUT2D eigenvalue weighted by molar-refractivity contribution is -0.136. The third kappa shape index (κ3) is 3.94. The van der Waals surface area contributed by atoms with Gasteiger partial charge in [0.25, 0.3) is 0 Å². The minimum Gasteiger partial charge on any atom is -0.394 e. The second kappa shape index (κ2) is 10.3. The molecule has 0 saturated carbocycles. The largest absolute Gasteiger partial charge is 0.394 e. The van der Waals surface area contributed by atoms with Gasteiger partial charge in [-0.05, 0) is 16.7 Å². The molecule has 0 spiro atoms. The van der Waals surface area contributed by atoms with Crippen LogP contribution >= 0.6 is 0 Å². The summed E-state index contributed by atoms with van der Waals surface area (Å²) < 4.78 is 22.5. The van der Waals surface area contributed by atoms with Gasteiger partial charge < -0.3 is 25.0 Å². The monoisotopic (exact) mass is 555 g/mol. The van der Waals surface area contributed by atoms with Gasteiger partial charge in [-0.25, -0.2) is 4.98 Å². The lowest BCUT2D eigenvalue weighted by Gasteiger charge is -2.50. The summed E-state index contributed by atoms with van der Waals surface area (Å²) in [6.45, 7) is -0.576. The van der Waals surface area contributed by atoms with Crippen molar-refractivity contribution in [1.29, 1.82) is 0 Å². The van der Waals surface area contributed by atoms with Gasteiger partial charge in [0.2, 0.25) is 0 Å². The van der Waals surface area contributed by atoms with Crippen LogP contribution in [-0.4, -0.2) is 73.3 Å². The molecule has 3 heterocycles. The number of aliphatic hydroxyl groups excluding tert-OH is 2. The Morgan fingerprint density at radius 1 is 0.902 bits per heavy atom. The zero-order valence-electron chi connectivity index (χ0n) is 22.5. The molecule has 3 N–H and O–H groups in total. The quantitative estimate of drug-likeness (QED) is 0.207. The number of aromatic nitrogens is 4. The van der Waals surface area contributed by atoms with Crippen molar-refractivity contribution in [1.82, 2.24) is 19.5 Å². The molecule has 0 bridgehead atoms. The van der Waals surface area contributed by atoms with Crippen molar-refractivity contribution in [2.75, 3.05) is 25.6 Å². The van der Waals surface area contributed by atoms with Crippen LogP contribution in [0.1, 0.15) is 22.9 Å². The van der Waals surface area contributed by atoms with Crippen LogP contribution in [0, 0.1) is 6.08 Å². The van der Waals surface area contributed by atoms with Crippen molar-refractivity contribution in [2.45, 2.75) is 29.5 Å². The number of hydrogen-bond donors (Lipinski definition) is 3. The molecular formula is C31H30FN5O4. The van der Waals surface area contributed by atoms with Crippen molar-refractivity contribution in [3.8, 4) is 0 Å². The van der Waals surface area contributed by atoms with E-state index in [0.29, 0.717) is 16.7 Å². The van der Waals surface area contributed by atoms with Crippen LogP contribution in [0.25, 0.3) is 11.2 Å². The average Bonchev–Trinajstić information content (AvgIpc) is 3.52.